The second-order valence-electron chi connectivity index (χ2n) is 6.71. The summed E-state index contributed by atoms with van der Waals surface area (Å²) in [6.07, 6.45) is 0.903. The molecule has 0 spiro atoms. The Morgan fingerprint density at radius 2 is 1.90 bits per heavy atom. The van der Waals surface area contributed by atoms with Gasteiger partial charge in [0.25, 0.3) is 5.91 Å². The Labute approximate surface area is 177 Å². The first kappa shape index (κ1) is 19.3. The fraction of sp³-hybridized carbons (Fsp3) is 0.182. The number of nitrogens with one attached hydrogen (secondary N) is 1. The summed E-state index contributed by atoms with van der Waals surface area (Å²) in [4.78, 5) is 12.4. The van der Waals surface area contributed by atoms with Crippen LogP contribution >= 0.6 is 15.9 Å². The monoisotopic (exact) mass is 453 g/mol. The van der Waals surface area contributed by atoms with E-state index in [1.807, 2.05) is 62.4 Å². The molecule has 1 amide bonds. The van der Waals surface area contributed by atoms with E-state index in [9.17, 15) is 4.79 Å². The number of rotatable bonds is 4. The second kappa shape index (κ2) is 8.13. The molecule has 1 atom stereocenters. The van der Waals surface area contributed by atoms with Gasteiger partial charge in [0.2, 0.25) is 6.10 Å². The van der Waals surface area contributed by atoms with E-state index in [2.05, 4.69) is 31.0 Å². The van der Waals surface area contributed by atoms with Crippen LogP contribution < -0.4 is 14.9 Å². The minimum Gasteiger partial charge on any atom is -0.485 e. The van der Waals surface area contributed by atoms with Crippen LogP contribution in [0, 0.1) is 13.8 Å². The predicted octanol–water partition coefficient (Wildman–Crippen LogP) is 4.15. The van der Waals surface area contributed by atoms with Crippen molar-refractivity contribution in [3.8, 4) is 17.2 Å². The molecular weight excluding hydrogens is 434 g/mol. The first-order valence-electron chi connectivity index (χ1n) is 9.20. The molecule has 0 aliphatic carbocycles. The molecule has 0 saturated heterocycles. The number of amides is 1. The van der Waals surface area contributed by atoms with Crippen molar-refractivity contribution >= 4 is 28.1 Å². The Morgan fingerprint density at radius 1 is 1.17 bits per heavy atom. The third-order valence-electron chi connectivity index (χ3n) is 4.74. The lowest BCUT2D eigenvalue weighted by Crippen LogP contribution is -2.42. The molecule has 0 saturated carbocycles. The van der Waals surface area contributed by atoms with Crippen LogP contribution in [-0.2, 0) is 4.79 Å². The van der Waals surface area contributed by atoms with Gasteiger partial charge in [-0.15, -0.1) is 0 Å². The van der Waals surface area contributed by atoms with Crippen molar-refractivity contribution in [2.45, 2.75) is 20.0 Å². The number of ether oxygens (including phenoxy) is 2. The molecule has 148 valence electrons. The number of benzene rings is 2. The molecule has 0 bridgehead atoms. The standard InChI is InChI=1S/C22H20BrN3O3/c1-14-11-16(15(2)26(14)18-8-4-3-7-17(18)23)12-24-25-22(27)21-13-28-19-9-5-6-10-20(19)29-21/h3-12,21H,13H2,1-2H3,(H,25,27)/b24-12-/t21-/m0/s1. The van der Waals surface area contributed by atoms with Crippen LogP contribution in [-0.4, -0.2) is 29.4 Å². The Hall–Kier alpha value is -3.06. The summed E-state index contributed by atoms with van der Waals surface area (Å²) >= 11 is 3.60. The summed E-state index contributed by atoms with van der Waals surface area (Å²) < 4.78 is 14.4. The summed E-state index contributed by atoms with van der Waals surface area (Å²) in [7, 11) is 0. The number of hydrogen-bond acceptors (Lipinski definition) is 4. The summed E-state index contributed by atoms with van der Waals surface area (Å²) in [5.41, 5.74) is 6.62. The number of para-hydroxylation sites is 3. The van der Waals surface area contributed by atoms with E-state index >= 15 is 0 Å². The number of hydrogen-bond donors (Lipinski definition) is 1. The van der Waals surface area contributed by atoms with Gasteiger partial charge in [0.05, 0.1) is 11.9 Å². The topological polar surface area (TPSA) is 64.8 Å². The lowest BCUT2D eigenvalue weighted by molar-refractivity contribution is -0.130. The maximum atomic E-state index is 12.4. The zero-order valence-electron chi connectivity index (χ0n) is 16.1. The predicted molar refractivity (Wildman–Crippen MR) is 115 cm³/mol. The van der Waals surface area contributed by atoms with E-state index in [4.69, 9.17) is 9.47 Å². The molecule has 0 radical (unpaired) electrons. The number of fused-ring (bicyclic) bond motifs is 1. The van der Waals surface area contributed by atoms with Crippen LogP contribution in [0.1, 0.15) is 17.0 Å². The smallest absolute Gasteiger partial charge is 0.284 e. The van der Waals surface area contributed by atoms with E-state index in [0.717, 1.165) is 27.1 Å². The third-order valence-corrected chi connectivity index (χ3v) is 5.41. The maximum absolute atomic E-state index is 12.4. The largest absolute Gasteiger partial charge is 0.485 e. The number of carbonyl (C=O) groups excluding carboxylic acids is 1. The zero-order valence-corrected chi connectivity index (χ0v) is 17.6. The minimum absolute atomic E-state index is 0.148. The molecule has 0 unspecified atom stereocenters. The molecule has 2 aromatic carbocycles. The van der Waals surface area contributed by atoms with E-state index in [-0.39, 0.29) is 12.5 Å². The summed E-state index contributed by atoms with van der Waals surface area (Å²) in [5, 5.41) is 4.12. The summed E-state index contributed by atoms with van der Waals surface area (Å²) in [6.45, 7) is 4.20. The third kappa shape index (κ3) is 3.91. The molecule has 1 aliphatic rings. The molecule has 3 aromatic rings. The van der Waals surface area contributed by atoms with Gasteiger partial charge in [0, 0.05) is 21.4 Å². The van der Waals surface area contributed by atoms with E-state index in [1.165, 1.54) is 0 Å². The number of carbonyl (C=O) groups is 1. The lowest BCUT2D eigenvalue weighted by atomic mass is 10.2. The molecule has 6 nitrogen and oxygen atoms in total. The van der Waals surface area contributed by atoms with Crippen molar-refractivity contribution in [3.05, 3.63) is 76.0 Å². The van der Waals surface area contributed by atoms with Gasteiger partial charge in [-0.1, -0.05) is 24.3 Å². The van der Waals surface area contributed by atoms with Crippen LogP contribution in [0.4, 0.5) is 0 Å². The highest BCUT2D eigenvalue weighted by Gasteiger charge is 2.27. The summed E-state index contributed by atoms with van der Waals surface area (Å²) in [6, 6.07) is 17.3. The van der Waals surface area contributed by atoms with E-state index < -0.39 is 6.10 Å². The van der Waals surface area contributed by atoms with Crippen LogP contribution in [0.2, 0.25) is 0 Å². The van der Waals surface area contributed by atoms with Crippen molar-refractivity contribution in [1.29, 1.82) is 0 Å². The quantitative estimate of drug-likeness (QED) is 0.476. The van der Waals surface area contributed by atoms with Crippen molar-refractivity contribution in [3.63, 3.8) is 0 Å². The number of aryl methyl sites for hydroxylation is 1. The summed E-state index contributed by atoms with van der Waals surface area (Å²) in [5.74, 6) is 0.842. The van der Waals surface area contributed by atoms with Crippen LogP contribution in [0.25, 0.3) is 5.69 Å². The van der Waals surface area contributed by atoms with Gasteiger partial charge in [0.1, 0.15) is 6.61 Å². The maximum Gasteiger partial charge on any atom is 0.284 e. The molecular formula is C22H20BrN3O3. The molecule has 29 heavy (non-hydrogen) atoms. The molecule has 1 aromatic heterocycles. The average Bonchev–Trinajstić information content (AvgIpc) is 3.01. The first-order chi connectivity index (χ1) is 14.0. The average molecular weight is 454 g/mol. The SMILES string of the molecule is Cc1cc(/C=N\NC(=O)[C@@H]2COc3ccccc3O2)c(C)n1-c1ccccc1Br. The Morgan fingerprint density at radius 3 is 2.69 bits per heavy atom. The second-order valence-corrected chi connectivity index (χ2v) is 7.57. The Kier molecular flexibility index (Phi) is 5.40. The van der Waals surface area contributed by atoms with Crippen LogP contribution in [0.15, 0.2) is 64.2 Å². The van der Waals surface area contributed by atoms with Crippen molar-refractivity contribution in [1.82, 2.24) is 9.99 Å². The van der Waals surface area contributed by atoms with Gasteiger partial charge < -0.3 is 14.0 Å². The number of aromatic nitrogens is 1. The highest BCUT2D eigenvalue weighted by molar-refractivity contribution is 9.10. The molecule has 1 N–H and O–H groups in total. The highest BCUT2D eigenvalue weighted by atomic mass is 79.9. The van der Waals surface area contributed by atoms with Gasteiger partial charge in [-0.2, -0.15) is 5.10 Å². The van der Waals surface area contributed by atoms with Gasteiger partial charge in [0.15, 0.2) is 11.5 Å². The molecule has 2 heterocycles. The van der Waals surface area contributed by atoms with Gasteiger partial charge in [-0.05, 0) is 60.1 Å². The Bertz CT molecular complexity index is 1090. The van der Waals surface area contributed by atoms with E-state index in [0.29, 0.717) is 11.5 Å². The number of hydrazone groups is 1. The van der Waals surface area contributed by atoms with Gasteiger partial charge in [-0.25, -0.2) is 5.43 Å². The molecule has 7 heteroatoms. The van der Waals surface area contributed by atoms with Crippen molar-refractivity contribution in [2.24, 2.45) is 5.10 Å². The number of nitrogens with zero attached hydrogens (tertiary/aromatic N) is 2. The zero-order chi connectivity index (χ0) is 20.4. The Balaban J connectivity index is 1.46. The van der Waals surface area contributed by atoms with Crippen LogP contribution in [0.3, 0.4) is 0 Å². The lowest BCUT2D eigenvalue weighted by Gasteiger charge is -2.24. The van der Waals surface area contributed by atoms with Crippen molar-refractivity contribution < 1.29 is 14.3 Å². The first-order valence-corrected chi connectivity index (χ1v) is 9.99. The minimum atomic E-state index is -0.741. The molecule has 0 fully saturated rings. The highest BCUT2D eigenvalue weighted by Crippen LogP contribution is 2.31. The fourth-order valence-corrected chi connectivity index (χ4v) is 3.77. The normalized spacial score (nSPS) is 15.5. The number of halogens is 1. The van der Waals surface area contributed by atoms with Gasteiger partial charge >= 0.3 is 0 Å². The van der Waals surface area contributed by atoms with Crippen LogP contribution in [0.5, 0.6) is 11.5 Å². The molecule has 4 rings (SSSR count). The fourth-order valence-electron chi connectivity index (χ4n) is 3.31. The van der Waals surface area contributed by atoms with E-state index in [1.54, 1.807) is 12.3 Å². The molecule has 1 aliphatic heterocycles. The van der Waals surface area contributed by atoms with Crippen molar-refractivity contribution in [2.75, 3.05) is 6.61 Å². The van der Waals surface area contributed by atoms with Gasteiger partial charge in [-0.3, -0.25) is 4.79 Å².